The van der Waals surface area contributed by atoms with Crippen molar-refractivity contribution in [2.24, 2.45) is 0 Å². The third-order valence-corrected chi connectivity index (χ3v) is 2.79. The zero-order chi connectivity index (χ0) is 10.6. The second-order valence-electron chi connectivity index (χ2n) is 2.64. The summed E-state index contributed by atoms with van der Waals surface area (Å²) < 4.78 is 0.683. The number of alkyl halides is 1. The Bertz CT molecular complexity index is 396. The van der Waals surface area contributed by atoms with E-state index in [-0.39, 0.29) is 5.78 Å². The SMILES string of the molecule is N#Cc1cccc(Br)c1C(=O)CCBr. The minimum absolute atomic E-state index is 0.0223. The van der Waals surface area contributed by atoms with Crippen molar-refractivity contribution in [3.8, 4) is 6.07 Å². The van der Waals surface area contributed by atoms with Crippen molar-refractivity contribution in [2.75, 3.05) is 5.33 Å². The zero-order valence-electron chi connectivity index (χ0n) is 7.26. The maximum Gasteiger partial charge on any atom is 0.166 e. The quantitative estimate of drug-likeness (QED) is 0.634. The van der Waals surface area contributed by atoms with Gasteiger partial charge in [0.1, 0.15) is 0 Å². The van der Waals surface area contributed by atoms with Crippen LogP contribution < -0.4 is 0 Å². The molecule has 72 valence electrons. The molecule has 0 saturated carbocycles. The number of nitriles is 1. The Morgan fingerprint density at radius 2 is 2.21 bits per heavy atom. The van der Waals surface area contributed by atoms with Crippen LogP contribution >= 0.6 is 31.9 Å². The lowest BCUT2D eigenvalue weighted by Crippen LogP contribution is -2.03. The summed E-state index contributed by atoms with van der Waals surface area (Å²) in [5.41, 5.74) is 0.903. The Hall–Kier alpha value is -0.660. The first-order valence-electron chi connectivity index (χ1n) is 3.98. The van der Waals surface area contributed by atoms with E-state index >= 15 is 0 Å². The monoisotopic (exact) mass is 315 g/mol. The van der Waals surface area contributed by atoms with Gasteiger partial charge in [-0.05, 0) is 12.1 Å². The molecule has 0 aromatic heterocycles. The van der Waals surface area contributed by atoms with E-state index in [1.807, 2.05) is 6.07 Å². The molecule has 0 atom stereocenters. The lowest BCUT2D eigenvalue weighted by atomic mass is 10.0. The summed E-state index contributed by atoms with van der Waals surface area (Å²) in [7, 11) is 0. The molecule has 0 aliphatic heterocycles. The highest BCUT2D eigenvalue weighted by atomic mass is 79.9. The molecule has 0 radical (unpaired) electrons. The number of halogens is 2. The van der Waals surface area contributed by atoms with Crippen LogP contribution in [0.15, 0.2) is 22.7 Å². The number of carbonyl (C=O) groups is 1. The van der Waals surface area contributed by atoms with Crippen LogP contribution in [0.3, 0.4) is 0 Å². The van der Waals surface area contributed by atoms with Gasteiger partial charge in [-0.25, -0.2) is 0 Å². The van der Waals surface area contributed by atoms with Gasteiger partial charge in [-0.3, -0.25) is 4.79 Å². The topological polar surface area (TPSA) is 40.9 Å². The second-order valence-corrected chi connectivity index (χ2v) is 4.28. The van der Waals surface area contributed by atoms with Gasteiger partial charge in [0.25, 0.3) is 0 Å². The first-order chi connectivity index (χ1) is 6.70. The lowest BCUT2D eigenvalue weighted by Gasteiger charge is -2.03. The Morgan fingerprint density at radius 3 is 2.79 bits per heavy atom. The highest BCUT2D eigenvalue weighted by Gasteiger charge is 2.13. The molecule has 0 fully saturated rings. The number of carbonyl (C=O) groups excluding carboxylic acids is 1. The fourth-order valence-corrected chi connectivity index (χ4v) is 2.06. The fourth-order valence-electron chi connectivity index (χ4n) is 1.11. The van der Waals surface area contributed by atoms with Crippen molar-refractivity contribution >= 4 is 37.6 Å². The molecule has 0 unspecified atom stereocenters. The molecular formula is C10H7Br2NO. The number of nitrogens with zero attached hydrogens (tertiary/aromatic N) is 1. The maximum atomic E-state index is 11.6. The molecule has 0 bridgehead atoms. The van der Waals surface area contributed by atoms with Gasteiger partial charge in [-0.1, -0.05) is 37.9 Å². The van der Waals surface area contributed by atoms with Crippen molar-refractivity contribution in [1.29, 1.82) is 5.26 Å². The third-order valence-electron chi connectivity index (χ3n) is 1.73. The normalized spacial score (nSPS) is 9.50. The largest absolute Gasteiger partial charge is 0.294 e. The van der Waals surface area contributed by atoms with E-state index < -0.39 is 0 Å². The zero-order valence-corrected chi connectivity index (χ0v) is 10.4. The van der Waals surface area contributed by atoms with Crippen molar-refractivity contribution in [3.63, 3.8) is 0 Å². The molecule has 4 heteroatoms. The lowest BCUT2D eigenvalue weighted by molar-refractivity contribution is 0.0989. The van der Waals surface area contributed by atoms with Crippen LogP contribution in [0.25, 0.3) is 0 Å². The van der Waals surface area contributed by atoms with Gasteiger partial charge in [0.2, 0.25) is 0 Å². The highest BCUT2D eigenvalue weighted by molar-refractivity contribution is 9.10. The van der Waals surface area contributed by atoms with Crippen molar-refractivity contribution < 1.29 is 4.79 Å². The second kappa shape index (κ2) is 5.28. The summed E-state index contributed by atoms with van der Waals surface area (Å²) in [4.78, 5) is 11.6. The number of ketones is 1. The molecule has 0 amide bonds. The Kier molecular flexibility index (Phi) is 4.30. The van der Waals surface area contributed by atoms with E-state index in [1.54, 1.807) is 18.2 Å². The molecule has 0 saturated heterocycles. The van der Waals surface area contributed by atoms with Crippen molar-refractivity contribution in [2.45, 2.75) is 6.42 Å². The average Bonchev–Trinajstić information content (AvgIpc) is 2.17. The smallest absolute Gasteiger partial charge is 0.166 e. The number of hydrogen-bond acceptors (Lipinski definition) is 2. The summed E-state index contributed by atoms with van der Waals surface area (Å²) in [6.45, 7) is 0. The van der Waals surface area contributed by atoms with E-state index in [0.717, 1.165) is 0 Å². The van der Waals surface area contributed by atoms with Gasteiger partial charge in [0.05, 0.1) is 11.6 Å². The molecule has 1 aromatic rings. The minimum atomic E-state index is -0.0223. The van der Waals surface area contributed by atoms with E-state index in [2.05, 4.69) is 31.9 Å². The average molecular weight is 317 g/mol. The van der Waals surface area contributed by atoms with Gasteiger partial charge < -0.3 is 0 Å². The fraction of sp³-hybridized carbons (Fsp3) is 0.200. The molecule has 14 heavy (non-hydrogen) atoms. The Balaban J connectivity index is 3.18. The predicted octanol–water partition coefficient (Wildman–Crippen LogP) is 3.29. The van der Waals surface area contributed by atoms with Crippen molar-refractivity contribution in [1.82, 2.24) is 0 Å². The molecule has 0 aliphatic rings. The Labute approximate surface area is 99.2 Å². The molecule has 0 N–H and O–H groups in total. The first-order valence-corrected chi connectivity index (χ1v) is 5.90. The van der Waals surface area contributed by atoms with Gasteiger partial charge in [-0.15, -0.1) is 0 Å². The van der Waals surface area contributed by atoms with Gasteiger partial charge >= 0.3 is 0 Å². The molecule has 2 nitrogen and oxygen atoms in total. The third kappa shape index (κ3) is 2.43. The van der Waals surface area contributed by atoms with Crippen LogP contribution in [0.5, 0.6) is 0 Å². The minimum Gasteiger partial charge on any atom is -0.294 e. The predicted molar refractivity (Wildman–Crippen MR) is 61.6 cm³/mol. The van der Waals surface area contributed by atoms with Crippen LogP contribution in [0, 0.1) is 11.3 Å². The molecule has 1 aromatic carbocycles. The first kappa shape index (κ1) is 11.4. The summed E-state index contributed by atoms with van der Waals surface area (Å²) in [5, 5.41) is 9.43. The van der Waals surface area contributed by atoms with Gasteiger partial charge in [-0.2, -0.15) is 5.26 Å². The molecule has 0 heterocycles. The van der Waals surface area contributed by atoms with Crippen LogP contribution in [-0.2, 0) is 0 Å². The van der Waals surface area contributed by atoms with E-state index in [0.29, 0.717) is 27.4 Å². The number of hydrogen-bond donors (Lipinski definition) is 0. The molecule has 0 spiro atoms. The van der Waals surface area contributed by atoms with Gasteiger partial charge in [0.15, 0.2) is 5.78 Å². The molecule has 0 aliphatic carbocycles. The van der Waals surface area contributed by atoms with E-state index in [1.165, 1.54) is 0 Å². The summed E-state index contributed by atoms with van der Waals surface area (Å²) in [6, 6.07) is 7.16. The number of rotatable bonds is 3. The van der Waals surface area contributed by atoms with E-state index in [9.17, 15) is 4.79 Å². The summed E-state index contributed by atoms with van der Waals surface area (Å²) in [5.74, 6) is -0.0223. The maximum absolute atomic E-state index is 11.6. The standard InChI is InChI=1S/C10H7Br2NO/c11-5-4-9(14)10-7(6-13)2-1-3-8(10)12/h1-3H,4-5H2. The van der Waals surface area contributed by atoms with E-state index in [4.69, 9.17) is 5.26 Å². The van der Waals surface area contributed by atoms with Crippen molar-refractivity contribution in [3.05, 3.63) is 33.8 Å². The summed E-state index contributed by atoms with van der Waals surface area (Å²) >= 11 is 6.47. The highest BCUT2D eigenvalue weighted by Crippen LogP contribution is 2.21. The Morgan fingerprint density at radius 1 is 1.50 bits per heavy atom. The number of benzene rings is 1. The van der Waals surface area contributed by atoms with Gasteiger partial charge in [0, 0.05) is 21.8 Å². The van der Waals surface area contributed by atoms with Crippen LogP contribution in [0.2, 0.25) is 0 Å². The molecule has 1 rings (SSSR count). The molecular weight excluding hydrogens is 310 g/mol. The summed E-state index contributed by atoms with van der Waals surface area (Å²) in [6.07, 6.45) is 0.400. The van der Waals surface area contributed by atoms with Crippen LogP contribution in [0.4, 0.5) is 0 Å². The van der Waals surface area contributed by atoms with Crippen LogP contribution in [-0.4, -0.2) is 11.1 Å². The number of Topliss-reactive ketones (excluding diaryl/α,β-unsaturated/α-hetero) is 1. The van der Waals surface area contributed by atoms with Crippen LogP contribution in [0.1, 0.15) is 22.3 Å².